The zero-order valence-electron chi connectivity index (χ0n) is 12.8. The van der Waals surface area contributed by atoms with E-state index in [1.54, 1.807) is 18.8 Å². The van der Waals surface area contributed by atoms with E-state index >= 15 is 0 Å². The summed E-state index contributed by atoms with van der Waals surface area (Å²) in [5.41, 5.74) is 7.49. The molecule has 5 nitrogen and oxygen atoms in total. The first kappa shape index (κ1) is 15.0. The summed E-state index contributed by atoms with van der Waals surface area (Å²) in [6.45, 7) is 0. The van der Waals surface area contributed by atoms with Crippen LogP contribution in [0.25, 0.3) is 11.3 Å². The molecular formula is C16H20ClN3O2. The molecule has 0 atom stereocenters. The summed E-state index contributed by atoms with van der Waals surface area (Å²) in [5, 5.41) is 4.90. The fourth-order valence-corrected chi connectivity index (χ4v) is 3.10. The van der Waals surface area contributed by atoms with E-state index in [1.165, 1.54) is 12.8 Å². The van der Waals surface area contributed by atoms with E-state index in [2.05, 4.69) is 5.10 Å². The van der Waals surface area contributed by atoms with Crippen molar-refractivity contribution in [2.45, 2.75) is 31.8 Å². The molecule has 0 radical (unpaired) electrons. The second-order valence-electron chi connectivity index (χ2n) is 5.59. The van der Waals surface area contributed by atoms with Gasteiger partial charge < -0.3 is 15.2 Å². The Morgan fingerprint density at radius 3 is 2.59 bits per heavy atom. The van der Waals surface area contributed by atoms with Gasteiger partial charge in [0.05, 0.1) is 23.9 Å². The number of anilines is 1. The highest BCUT2D eigenvalue weighted by molar-refractivity contribution is 6.32. The minimum Gasteiger partial charge on any atom is -0.491 e. The normalized spacial score (nSPS) is 15.2. The standard InChI is InChI=1S/C16H20ClN3O2/c1-20-15(18)9-13(19-20)10-7-12(17)16(21-2)14(8-10)22-11-5-3-4-6-11/h7-9,11H,3-6,18H2,1-2H3. The smallest absolute Gasteiger partial charge is 0.179 e. The Bertz CT molecular complexity index is 659. The van der Waals surface area contributed by atoms with Gasteiger partial charge in [-0.05, 0) is 37.8 Å². The molecule has 6 heteroatoms. The van der Waals surface area contributed by atoms with Crippen molar-refractivity contribution >= 4 is 17.4 Å². The number of aryl methyl sites for hydroxylation is 1. The van der Waals surface area contributed by atoms with Crippen molar-refractivity contribution in [1.82, 2.24) is 9.78 Å². The van der Waals surface area contributed by atoms with E-state index < -0.39 is 0 Å². The molecule has 1 saturated carbocycles. The van der Waals surface area contributed by atoms with Crippen LogP contribution in [0.4, 0.5) is 5.82 Å². The van der Waals surface area contributed by atoms with Gasteiger partial charge in [0.25, 0.3) is 0 Å². The summed E-state index contributed by atoms with van der Waals surface area (Å²) in [6.07, 6.45) is 4.78. The minimum atomic E-state index is 0.231. The lowest BCUT2D eigenvalue weighted by Crippen LogP contribution is -2.11. The van der Waals surface area contributed by atoms with Crippen LogP contribution in [0.2, 0.25) is 5.02 Å². The Balaban J connectivity index is 1.99. The van der Waals surface area contributed by atoms with Gasteiger partial charge in [-0.2, -0.15) is 5.10 Å². The maximum atomic E-state index is 6.35. The number of hydrogen-bond acceptors (Lipinski definition) is 4. The maximum absolute atomic E-state index is 6.35. The third-order valence-electron chi connectivity index (χ3n) is 4.02. The summed E-state index contributed by atoms with van der Waals surface area (Å²) in [5.74, 6) is 1.84. The summed E-state index contributed by atoms with van der Waals surface area (Å²) in [6, 6.07) is 5.56. The van der Waals surface area contributed by atoms with Gasteiger partial charge in [0.2, 0.25) is 0 Å². The Kier molecular flexibility index (Phi) is 4.16. The number of methoxy groups -OCH3 is 1. The lowest BCUT2D eigenvalue weighted by Gasteiger charge is -2.17. The van der Waals surface area contributed by atoms with Crippen molar-refractivity contribution in [2.24, 2.45) is 7.05 Å². The average molecular weight is 322 g/mol. The molecule has 0 saturated heterocycles. The van der Waals surface area contributed by atoms with Crippen LogP contribution in [0.15, 0.2) is 18.2 Å². The zero-order valence-corrected chi connectivity index (χ0v) is 13.6. The molecule has 1 heterocycles. The molecule has 0 bridgehead atoms. The highest BCUT2D eigenvalue weighted by Gasteiger charge is 2.21. The summed E-state index contributed by atoms with van der Waals surface area (Å²) in [7, 11) is 3.40. The van der Waals surface area contributed by atoms with Gasteiger partial charge in [-0.1, -0.05) is 11.6 Å². The average Bonchev–Trinajstić information content (AvgIpc) is 3.09. The van der Waals surface area contributed by atoms with Gasteiger partial charge in [-0.3, -0.25) is 4.68 Å². The van der Waals surface area contributed by atoms with E-state index in [0.29, 0.717) is 22.3 Å². The highest BCUT2D eigenvalue weighted by Crippen LogP contribution is 2.41. The van der Waals surface area contributed by atoms with E-state index in [0.717, 1.165) is 24.1 Å². The Morgan fingerprint density at radius 1 is 1.27 bits per heavy atom. The lowest BCUT2D eigenvalue weighted by atomic mass is 10.1. The second kappa shape index (κ2) is 6.08. The second-order valence-corrected chi connectivity index (χ2v) is 6.00. The topological polar surface area (TPSA) is 62.3 Å². The molecular weight excluding hydrogens is 302 g/mol. The van der Waals surface area contributed by atoms with Crippen molar-refractivity contribution < 1.29 is 9.47 Å². The summed E-state index contributed by atoms with van der Waals surface area (Å²) >= 11 is 6.35. The predicted molar refractivity (Wildman–Crippen MR) is 87.5 cm³/mol. The molecule has 1 aromatic heterocycles. The fourth-order valence-electron chi connectivity index (χ4n) is 2.81. The molecule has 0 spiro atoms. The van der Waals surface area contributed by atoms with E-state index in [4.69, 9.17) is 26.8 Å². The van der Waals surface area contributed by atoms with Gasteiger partial charge in [0.1, 0.15) is 5.82 Å². The highest BCUT2D eigenvalue weighted by atomic mass is 35.5. The molecule has 1 aliphatic rings. The van der Waals surface area contributed by atoms with Crippen LogP contribution in [0.5, 0.6) is 11.5 Å². The Hall–Kier alpha value is -1.88. The molecule has 2 aromatic rings. The van der Waals surface area contributed by atoms with Crippen LogP contribution in [0.1, 0.15) is 25.7 Å². The monoisotopic (exact) mass is 321 g/mol. The molecule has 118 valence electrons. The third kappa shape index (κ3) is 2.86. The number of nitrogens with two attached hydrogens (primary N) is 1. The largest absolute Gasteiger partial charge is 0.491 e. The van der Waals surface area contributed by atoms with Crippen LogP contribution >= 0.6 is 11.6 Å². The molecule has 3 rings (SSSR count). The first-order valence-electron chi connectivity index (χ1n) is 7.42. The van der Waals surface area contributed by atoms with Crippen molar-refractivity contribution in [2.75, 3.05) is 12.8 Å². The number of hydrogen-bond donors (Lipinski definition) is 1. The number of ether oxygens (including phenoxy) is 2. The maximum Gasteiger partial charge on any atom is 0.179 e. The third-order valence-corrected chi connectivity index (χ3v) is 4.30. The lowest BCUT2D eigenvalue weighted by molar-refractivity contribution is 0.201. The van der Waals surface area contributed by atoms with Crippen LogP contribution in [0.3, 0.4) is 0 Å². The summed E-state index contributed by atoms with van der Waals surface area (Å²) < 4.78 is 13.1. The van der Waals surface area contributed by atoms with Crippen molar-refractivity contribution in [1.29, 1.82) is 0 Å². The van der Waals surface area contributed by atoms with Gasteiger partial charge in [0, 0.05) is 18.7 Å². The van der Waals surface area contributed by atoms with Crippen LogP contribution in [-0.4, -0.2) is 23.0 Å². The number of benzene rings is 1. The molecule has 2 N–H and O–H groups in total. The number of nitrogens with zero attached hydrogens (tertiary/aromatic N) is 2. The molecule has 0 amide bonds. The number of nitrogen functional groups attached to an aromatic ring is 1. The molecule has 0 unspecified atom stereocenters. The van der Waals surface area contributed by atoms with Crippen molar-refractivity contribution in [3.63, 3.8) is 0 Å². The number of halogens is 1. The Morgan fingerprint density at radius 2 is 2.00 bits per heavy atom. The zero-order chi connectivity index (χ0) is 15.7. The van der Waals surface area contributed by atoms with E-state index in [1.807, 2.05) is 18.2 Å². The Labute approximate surface area is 135 Å². The van der Waals surface area contributed by atoms with Crippen LogP contribution in [0, 0.1) is 0 Å². The number of rotatable bonds is 4. The van der Waals surface area contributed by atoms with Gasteiger partial charge >= 0.3 is 0 Å². The predicted octanol–water partition coefficient (Wildman–Crippen LogP) is 3.65. The molecule has 1 fully saturated rings. The SMILES string of the molecule is COc1c(Cl)cc(-c2cc(N)n(C)n2)cc1OC1CCCC1. The van der Waals surface area contributed by atoms with E-state index in [9.17, 15) is 0 Å². The molecule has 1 aromatic carbocycles. The van der Waals surface area contributed by atoms with Crippen LogP contribution < -0.4 is 15.2 Å². The molecule has 1 aliphatic carbocycles. The van der Waals surface area contributed by atoms with Gasteiger partial charge in [-0.15, -0.1) is 0 Å². The molecule has 22 heavy (non-hydrogen) atoms. The van der Waals surface area contributed by atoms with Crippen LogP contribution in [-0.2, 0) is 7.05 Å². The first-order valence-corrected chi connectivity index (χ1v) is 7.80. The fraction of sp³-hybridized carbons (Fsp3) is 0.438. The first-order chi connectivity index (χ1) is 10.6. The quantitative estimate of drug-likeness (QED) is 0.933. The van der Waals surface area contributed by atoms with E-state index in [-0.39, 0.29) is 6.10 Å². The number of aromatic nitrogens is 2. The van der Waals surface area contributed by atoms with Gasteiger partial charge in [0.15, 0.2) is 11.5 Å². The van der Waals surface area contributed by atoms with Crippen molar-refractivity contribution in [3.8, 4) is 22.8 Å². The molecule has 0 aliphatic heterocycles. The summed E-state index contributed by atoms with van der Waals surface area (Å²) in [4.78, 5) is 0. The van der Waals surface area contributed by atoms with Gasteiger partial charge in [-0.25, -0.2) is 0 Å². The van der Waals surface area contributed by atoms with Crippen molar-refractivity contribution in [3.05, 3.63) is 23.2 Å². The minimum absolute atomic E-state index is 0.231.